The molecule has 36 heavy (non-hydrogen) atoms. The molecule has 1 aromatic heterocycles. The highest BCUT2D eigenvalue weighted by Crippen LogP contribution is 2.39. The van der Waals surface area contributed by atoms with Gasteiger partial charge in [-0.15, -0.1) is 0 Å². The number of methoxy groups -OCH3 is 2. The molecule has 0 aliphatic carbocycles. The molecular weight excluding hydrogens is 478 g/mol. The quantitative estimate of drug-likeness (QED) is 0.489. The summed E-state index contributed by atoms with van der Waals surface area (Å²) in [6, 6.07) is 13.4. The van der Waals surface area contributed by atoms with Crippen molar-refractivity contribution >= 4 is 34.8 Å². The fourth-order valence-electron chi connectivity index (χ4n) is 4.89. The van der Waals surface area contributed by atoms with Crippen LogP contribution >= 0.6 is 11.6 Å². The van der Waals surface area contributed by atoms with Crippen LogP contribution in [0.2, 0.25) is 5.02 Å². The van der Waals surface area contributed by atoms with Crippen molar-refractivity contribution in [1.29, 1.82) is 0 Å². The zero-order chi connectivity index (χ0) is 25.4. The Hall–Kier alpha value is -3.49. The first-order valence-electron chi connectivity index (χ1n) is 11.9. The number of benzene rings is 2. The summed E-state index contributed by atoms with van der Waals surface area (Å²) >= 11 is 6.56. The molecule has 9 heteroatoms. The van der Waals surface area contributed by atoms with E-state index in [0.717, 1.165) is 52.7 Å². The summed E-state index contributed by atoms with van der Waals surface area (Å²) in [5.74, 6) is 2.17. The molecule has 3 heterocycles. The number of ether oxygens (including phenoxy) is 2. The molecular formula is C27H30ClN5O3. The molecule has 1 N–H and O–H groups in total. The number of likely N-dealkylation sites (N-methyl/N-ethyl adjacent to an activating group) is 1. The number of anilines is 3. The summed E-state index contributed by atoms with van der Waals surface area (Å²) < 4.78 is 10.8. The standard InChI is InChI=1S/C27H30ClN5O3/c1-17-6-5-7-22(28)26(17)32-14-19-13-30-25(11-23(19)33(27(32)34)20-15-31(2)16-20)29-12-18-8-9-21(35-3)10-24(18)36-4/h5-11,13,20H,12,14-16H2,1-4H3,(H,29,30). The maximum atomic E-state index is 13.9. The molecule has 2 aliphatic heterocycles. The van der Waals surface area contributed by atoms with Gasteiger partial charge in [-0.3, -0.25) is 9.80 Å². The van der Waals surface area contributed by atoms with Crippen LogP contribution in [0.15, 0.2) is 48.7 Å². The minimum atomic E-state index is -0.0641. The second kappa shape index (κ2) is 9.87. The van der Waals surface area contributed by atoms with Crippen molar-refractivity contribution in [3.8, 4) is 11.5 Å². The minimum absolute atomic E-state index is 0.0641. The Morgan fingerprint density at radius 2 is 1.94 bits per heavy atom. The summed E-state index contributed by atoms with van der Waals surface area (Å²) in [7, 11) is 5.33. The summed E-state index contributed by atoms with van der Waals surface area (Å²) in [6.45, 7) is 4.54. The minimum Gasteiger partial charge on any atom is -0.497 e. The first-order valence-corrected chi connectivity index (χ1v) is 12.3. The number of pyridine rings is 1. The molecule has 1 fully saturated rings. The van der Waals surface area contributed by atoms with Crippen molar-refractivity contribution in [2.45, 2.75) is 26.1 Å². The number of rotatable bonds is 7. The van der Waals surface area contributed by atoms with Crippen molar-refractivity contribution in [1.82, 2.24) is 9.88 Å². The maximum absolute atomic E-state index is 13.9. The van der Waals surface area contributed by atoms with Crippen LogP contribution in [0.3, 0.4) is 0 Å². The molecule has 5 rings (SSSR count). The molecule has 8 nitrogen and oxygen atoms in total. The van der Waals surface area contributed by atoms with Gasteiger partial charge in [0, 0.05) is 49.1 Å². The van der Waals surface area contributed by atoms with Crippen LogP contribution < -0.4 is 24.6 Å². The number of para-hydroxylation sites is 1. The molecule has 0 radical (unpaired) electrons. The van der Waals surface area contributed by atoms with Crippen LogP contribution in [0.1, 0.15) is 16.7 Å². The molecule has 0 unspecified atom stereocenters. The lowest BCUT2D eigenvalue weighted by atomic mass is 10.0. The van der Waals surface area contributed by atoms with E-state index in [1.54, 1.807) is 19.1 Å². The van der Waals surface area contributed by atoms with Gasteiger partial charge in [-0.2, -0.15) is 0 Å². The zero-order valence-electron chi connectivity index (χ0n) is 20.9. The zero-order valence-corrected chi connectivity index (χ0v) is 21.7. The highest BCUT2D eigenvalue weighted by molar-refractivity contribution is 6.34. The van der Waals surface area contributed by atoms with Crippen molar-refractivity contribution in [2.75, 3.05) is 49.5 Å². The number of hydrogen-bond acceptors (Lipinski definition) is 6. The molecule has 1 saturated heterocycles. The lowest BCUT2D eigenvalue weighted by molar-refractivity contribution is 0.180. The van der Waals surface area contributed by atoms with Gasteiger partial charge < -0.3 is 19.7 Å². The Morgan fingerprint density at radius 3 is 2.64 bits per heavy atom. The number of halogens is 1. The number of fused-ring (bicyclic) bond motifs is 1. The lowest BCUT2D eigenvalue weighted by Crippen LogP contribution is -2.63. The van der Waals surface area contributed by atoms with Gasteiger partial charge in [0.15, 0.2) is 0 Å². The second-order valence-electron chi connectivity index (χ2n) is 9.25. The van der Waals surface area contributed by atoms with Gasteiger partial charge in [-0.25, -0.2) is 9.78 Å². The molecule has 0 spiro atoms. The summed E-state index contributed by atoms with van der Waals surface area (Å²) in [4.78, 5) is 24.4. The van der Waals surface area contributed by atoms with E-state index in [0.29, 0.717) is 23.9 Å². The Balaban J connectivity index is 1.45. The van der Waals surface area contributed by atoms with Crippen LogP contribution in [0, 0.1) is 6.92 Å². The van der Waals surface area contributed by atoms with Gasteiger partial charge in [-0.1, -0.05) is 23.7 Å². The molecule has 0 saturated carbocycles. The van der Waals surface area contributed by atoms with Crippen molar-refractivity contribution < 1.29 is 14.3 Å². The summed E-state index contributed by atoms with van der Waals surface area (Å²) in [5, 5.41) is 3.96. The topological polar surface area (TPSA) is 70.2 Å². The SMILES string of the molecule is COc1ccc(CNc2cc3c(cn2)CN(c2c(C)cccc2Cl)C(=O)N3C2CN(C)C2)c(OC)c1. The Kier molecular flexibility index (Phi) is 6.64. The van der Waals surface area contributed by atoms with E-state index >= 15 is 0 Å². The monoisotopic (exact) mass is 507 g/mol. The number of nitrogens with zero attached hydrogens (tertiary/aromatic N) is 4. The van der Waals surface area contributed by atoms with Gasteiger partial charge >= 0.3 is 6.03 Å². The average Bonchev–Trinajstić information content (AvgIpc) is 2.86. The summed E-state index contributed by atoms with van der Waals surface area (Å²) in [5.41, 5.74) is 4.56. The molecule has 0 atom stereocenters. The van der Waals surface area contributed by atoms with Crippen molar-refractivity contribution in [3.05, 3.63) is 70.4 Å². The second-order valence-corrected chi connectivity index (χ2v) is 9.66. The fourth-order valence-corrected chi connectivity index (χ4v) is 5.22. The van der Waals surface area contributed by atoms with Crippen LogP contribution in [0.4, 0.5) is 22.0 Å². The number of urea groups is 1. The lowest BCUT2D eigenvalue weighted by Gasteiger charge is -2.48. The highest BCUT2D eigenvalue weighted by Gasteiger charge is 2.41. The fraction of sp³-hybridized carbons (Fsp3) is 0.333. The third-order valence-electron chi connectivity index (χ3n) is 6.81. The molecule has 0 bridgehead atoms. The molecule has 2 aromatic carbocycles. The van der Waals surface area contributed by atoms with Crippen LogP contribution in [-0.2, 0) is 13.1 Å². The van der Waals surface area contributed by atoms with E-state index in [2.05, 4.69) is 22.2 Å². The molecule has 2 aliphatic rings. The number of likely N-dealkylation sites (tertiary alicyclic amines) is 1. The van der Waals surface area contributed by atoms with Gasteiger partial charge in [0.2, 0.25) is 0 Å². The number of aryl methyl sites for hydroxylation is 1. The van der Waals surface area contributed by atoms with E-state index in [4.69, 9.17) is 21.1 Å². The first kappa shape index (κ1) is 24.2. The van der Waals surface area contributed by atoms with Crippen LogP contribution in [0.25, 0.3) is 0 Å². The number of nitrogens with one attached hydrogen (secondary N) is 1. The molecule has 3 aromatic rings. The Labute approximate surface area is 216 Å². The Morgan fingerprint density at radius 1 is 1.14 bits per heavy atom. The number of hydrogen-bond donors (Lipinski definition) is 1. The maximum Gasteiger partial charge on any atom is 0.329 e. The number of carbonyl (C=O) groups is 1. The normalized spacial score (nSPS) is 16.0. The predicted molar refractivity (Wildman–Crippen MR) is 143 cm³/mol. The molecule has 188 valence electrons. The van der Waals surface area contributed by atoms with Crippen molar-refractivity contribution in [2.24, 2.45) is 0 Å². The van der Waals surface area contributed by atoms with Crippen LogP contribution in [-0.4, -0.2) is 56.3 Å². The third kappa shape index (κ3) is 4.42. The van der Waals surface area contributed by atoms with E-state index in [9.17, 15) is 4.79 Å². The third-order valence-corrected chi connectivity index (χ3v) is 7.11. The summed E-state index contributed by atoms with van der Waals surface area (Å²) in [6.07, 6.45) is 1.85. The van der Waals surface area contributed by atoms with E-state index < -0.39 is 0 Å². The largest absolute Gasteiger partial charge is 0.497 e. The smallest absolute Gasteiger partial charge is 0.329 e. The van der Waals surface area contributed by atoms with E-state index in [1.165, 1.54) is 0 Å². The van der Waals surface area contributed by atoms with Gasteiger partial charge in [0.05, 0.1) is 43.2 Å². The molecule has 2 amide bonds. The number of aromatic nitrogens is 1. The Bertz CT molecular complexity index is 1270. The van der Waals surface area contributed by atoms with Gasteiger partial charge in [-0.05, 0) is 37.7 Å². The van der Waals surface area contributed by atoms with Crippen LogP contribution in [0.5, 0.6) is 11.5 Å². The number of carbonyl (C=O) groups excluding carboxylic acids is 1. The highest BCUT2D eigenvalue weighted by atomic mass is 35.5. The predicted octanol–water partition coefficient (Wildman–Crippen LogP) is 4.93. The van der Waals surface area contributed by atoms with Crippen molar-refractivity contribution in [3.63, 3.8) is 0 Å². The average molecular weight is 508 g/mol. The van der Waals surface area contributed by atoms with Gasteiger partial charge in [0.1, 0.15) is 17.3 Å². The van der Waals surface area contributed by atoms with E-state index in [1.807, 2.05) is 60.5 Å². The first-order chi connectivity index (χ1) is 17.4. The van der Waals surface area contributed by atoms with E-state index in [-0.39, 0.29) is 12.1 Å². The number of amides is 2. The van der Waals surface area contributed by atoms with Gasteiger partial charge in [0.25, 0.3) is 0 Å².